The molecule has 2 aliphatic heterocycles. The van der Waals surface area contributed by atoms with E-state index in [1.165, 1.54) is 4.31 Å². The number of likely N-dealkylation sites (N-methyl/N-ethyl adjacent to an activating group) is 1. The lowest BCUT2D eigenvalue weighted by molar-refractivity contribution is -0.116. The van der Waals surface area contributed by atoms with Gasteiger partial charge in [0.25, 0.3) is 0 Å². The summed E-state index contributed by atoms with van der Waals surface area (Å²) in [7, 11) is -2.00. The molecule has 1 amide bonds. The second-order valence-corrected chi connectivity index (χ2v) is 8.48. The van der Waals surface area contributed by atoms with Gasteiger partial charge in [-0.15, -0.1) is 0 Å². The van der Waals surface area contributed by atoms with Crippen molar-refractivity contribution < 1.29 is 13.2 Å². The first-order valence-electron chi connectivity index (χ1n) is 7.20. The van der Waals surface area contributed by atoms with Gasteiger partial charge in [-0.2, -0.15) is 4.31 Å². The SMILES string of the molecule is CN(C1CCNC1)S(=O)(=O)c1cc2c(cc1Br)CCC(=O)N2. The number of hydrogen-bond donors (Lipinski definition) is 2. The average Bonchev–Trinajstić information content (AvgIpc) is 3.00. The van der Waals surface area contributed by atoms with Gasteiger partial charge in [-0.1, -0.05) is 0 Å². The molecule has 0 aliphatic carbocycles. The number of nitrogens with one attached hydrogen (secondary N) is 2. The highest BCUT2D eigenvalue weighted by Crippen LogP contribution is 2.34. The third-order valence-electron chi connectivity index (χ3n) is 4.26. The van der Waals surface area contributed by atoms with Crippen molar-refractivity contribution in [3.05, 3.63) is 22.2 Å². The minimum Gasteiger partial charge on any atom is -0.326 e. The fourth-order valence-electron chi connectivity index (χ4n) is 2.88. The summed E-state index contributed by atoms with van der Waals surface area (Å²) in [6, 6.07) is 3.31. The Balaban J connectivity index is 1.99. The van der Waals surface area contributed by atoms with Crippen LogP contribution >= 0.6 is 15.9 Å². The van der Waals surface area contributed by atoms with E-state index in [1.807, 2.05) is 0 Å². The van der Waals surface area contributed by atoms with Crippen LogP contribution < -0.4 is 10.6 Å². The zero-order chi connectivity index (χ0) is 15.9. The number of nitrogens with zero attached hydrogens (tertiary/aromatic N) is 1. The van der Waals surface area contributed by atoms with Gasteiger partial charge in [0, 0.05) is 36.2 Å². The lowest BCUT2D eigenvalue weighted by Crippen LogP contribution is -2.38. The molecule has 2 heterocycles. The van der Waals surface area contributed by atoms with Gasteiger partial charge in [0.15, 0.2) is 0 Å². The lowest BCUT2D eigenvalue weighted by atomic mass is 10.0. The number of benzene rings is 1. The fourth-order valence-corrected chi connectivity index (χ4v) is 5.34. The number of halogens is 1. The van der Waals surface area contributed by atoms with Gasteiger partial charge in [-0.25, -0.2) is 8.42 Å². The second kappa shape index (κ2) is 5.92. The zero-order valence-corrected chi connectivity index (χ0v) is 14.6. The molecule has 1 atom stereocenters. The minimum atomic E-state index is -3.61. The molecule has 1 aromatic carbocycles. The zero-order valence-electron chi connectivity index (χ0n) is 12.2. The molecule has 1 saturated heterocycles. The Morgan fingerprint density at radius 1 is 1.32 bits per heavy atom. The molecule has 1 aromatic rings. The van der Waals surface area contributed by atoms with Crippen molar-refractivity contribution in [3.8, 4) is 0 Å². The van der Waals surface area contributed by atoms with Crippen LogP contribution in [0.25, 0.3) is 0 Å². The van der Waals surface area contributed by atoms with Gasteiger partial charge in [-0.05, 0) is 53.0 Å². The Kier molecular flexibility index (Phi) is 4.28. The molecule has 1 fully saturated rings. The van der Waals surface area contributed by atoms with E-state index in [0.717, 1.165) is 18.5 Å². The molecule has 1 unspecified atom stereocenters. The van der Waals surface area contributed by atoms with E-state index in [1.54, 1.807) is 19.2 Å². The van der Waals surface area contributed by atoms with Crippen LogP contribution in [0.3, 0.4) is 0 Å². The van der Waals surface area contributed by atoms with Crippen LogP contribution in [-0.2, 0) is 21.2 Å². The molecular weight excluding hydrogens is 370 g/mol. The smallest absolute Gasteiger partial charge is 0.244 e. The quantitative estimate of drug-likeness (QED) is 0.819. The van der Waals surface area contributed by atoms with E-state index in [4.69, 9.17) is 0 Å². The maximum Gasteiger partial charge on any atom is 0.244 e. The first kappa shape index (κ1) is 15.9. The predicted molar refractivity (Wildman–Crippen MR) is 87.3 cm³/mol. The van der Waals surface area contributed by atoms with Crippen LogP contribution in [0.1, 0.15) is 18.4 Å². The van der Waals surface area contributed by atoms with E-state index < -0.39 is 10.0 Å². The Bertz CT molecular complexity index is 714. The van der Waals surface area contributed by atoms with Gasteiger partial charge in [0.2, 0.25) is 15.9 Å². The lowest BCUT2D eigenvalue weighted by Gasteiger charge is -2.25. The second-order valence-electron chi connectivity index (χ2n) is 5.66. The van der Waals surface area contributed by atoms with Crippen LogP contribution in [0.4, 0.5) is 5.69 Å². The third-order valence-corrected chi connectivity index (χ3v) is 7.13. The Hall–Kier alpha value is -0.960. The highest BCUT2D eigenvalue weighted by atomic mass is 79.9. The molecule has 0 aromatic heterocycles. The monoisotopic (exact) mass is 387 g/mol. The molecule has 6 nitrogen and oxygen atoms in total. The first-order valence-corrected chi connectivity index (χ1v) is 9.44. The highest BCUT2D eigenvalue weighted by Gasteiger charge is 2.32. The van der Waals surface area contributed by atoms with Gasteiger partial charge in [0.05, 0.1) is 4.90 Å². The topological polar surface area (TPSA) is 78.5 Å². The van der Waals surface area contributed by atoms with Crippen molar-refractivity contribution in [3.63, 3.8) is 0 Å². The molecule has 0 spiro atoms. The number of hydrogen-bond acceptors (Lipinski definition) is 4. The van der Waals surface area contributed by atoms with Gasteiger partial charge in [0.1, 0.15) is 0 Å². The number of rotatable bonds is 3. The summed E-state index contributed by atoms with van der Waals surface area (Å²) >= 11 is 3.37. The summed E-state index contributed by atoms with van der Waals surface area (Å²) in [4.78, 5) is 11.7. The summed E-state index contributed by atoms with van der Waals surface area (Å²) in [5, 5.41) is 5.93. The minimum absolute atomic E-state index is 0.0393. The van der Waals surface area contributed by atoms with Crippen molar-refractivity contribution in [2.75, 3.05) is 25.5 Å². The maximum absolute atomic E-state index is 12.9. The molecule has 120 valence electrons. The van der Waals surface area contributed by atoms with Crippen LogP contribution in [0, 0.1) is 0 Å². The molecule has 0 bridgehead atoms. The maximum atomic E-state index is 12.9. The average molecular weight is 388 g/mol. The number of fused-ring (bicyclic) bond motifs is 1. The summed E-state index contributed by atoms with van der Waals surface area (Å²) in [6.45, 7) is 1.49. The van der Waals surface area contributed by atoms with Gasteiger partial charge < -0.3 is 10.6 Å². The molecule has 2 aliphatic rings. The summed E-state index contributed by atoms with van der Waals surface area (Å²) < 4.78 is 27.7. The molecule has 22 heavy (non-hydrogen) atoms. The Morgan fingerprint density at radius 3 is 2.77 bits per heavy atom. The third kappa shape index (κ3) is 2.80. The van der Waals surface area contributed by atoms with Crippen molar-refractivity contribution >= 4 is 37.5 Å². The summed E-state index contributed by atoms with van der Waals surface area (Å²) in [5.74, 6) is -0.0773. The van der Waals surface area contributed by atoms with Crippen molar-refractivity contribution in [2.45, 2.75) is 30.2 Å². The Labute approximate surface area is 138 Å². The Morgan fingerprint density at radius 2 is 2.09 bits per heavy atom. The van der Waals surface area contributed by atoms with E-state index in [9.17, 15) is 13.2 Å². The largest absolute Gasteiger partial charge is 0.326 e. The number of aryl methyl sites for hydroxylation is 1. The molecule has 2 N–H and O–H groups in total. The van der Waals surface area contributed by atoms with Crippen molar-refractivity contribution in [1.29, 1.82) is 0 Å². The van der Waals surface area contributed by atoms with Crippen molar-refractivity contribution in [1.82, 2.24) is 9.62 Å². The van der Waals surface area contributed by atoms with E-state index in [-0.39, 0.29) is 16.8 Å². The van der Waals surface area contributed by atoms with Crippen molar-refractivity contribution in [2.24, 2.45) is 0 Å². The molecule has 8 heteroatoms. The van der Waals surface area contributed by atoms with Gasteiger partial charge in [-0.3, -0.25) is 4.79 Å². The molecular formula is C14H18BrN3O3S. The number of sulfonamides is 1. The van der Waals surface area contributed by atoms with E-state index >= 15 is 0 Å². The van der Waals surface area contributed by atoms with Crippen LogP contribution in [-0.4, -0.2) is 44.8 Å². The summed E-state index contributed by atoms with van der Waals surface area (Å²) in [5.41, 5.74) is 1.55. The highest BCUT2D eigenvalue weighted by molar-refractivity contribution is 9.10. The number of anilines is 1. The fraction of sp³-hybridized carbons (Fsp3) is 0.500. The standard InChI is InChI=1S/C14H18BrN3O3S/c1-18(10-4-5-16-8-10)22(20,21)13-7-12-9(6-11(13)15)2-3-14(19)17-12/h6-7,10,16H,2-5,8H2,1H3,(H,17,19). The van der Waals surface area contributed by atoms with Crippen LogP contribution in [0.2, 0.25) is 0 Å². The molecule has 0 radical (unpaired) electrons. The van der Waals surface area contributed by atoms with Crippen LogP contribution in [0.5, 0.6) is 0 Å². The molecule has 0 saturated carbocycles. The van der Waals surface area contributed by atoms with E-state index in [0.29, 0.717) is 29.5 Å². The number of amides is 1. The van der Waals surface area contributed by atoms with E-state index in [2.05, 4.69) is 26.6 Å². The number of carbonyl (C=O) groups excluding carboxylic acids is 1. The normalized spacial score (nSPS) is 21.8. The predicted octanol–water partition coefficient (Wildman–Crippen LogP) is 1.32. The molecule has 3 rings (SSSR count). The van der Waals surface area contributed by atoms with Crippen LogP contribution in [0.15, 0.2) is 21.5 Å². The first-order chi connectivity index (χ1) is 10.4. The number of carbonyl (C=O) groups is 1. The summed E-state index contributed by atoms with van der Waals surface area (Å²) in [6.07, 6.45) is 1.86. The van der Waals surface area contributed by atoms with Gasteiger partial charge >= 0.3 is 0 Å².